The summed E-state index contributed by atoms with van der Waals surface area (Å²) >= 11 is 6.19. The van der Waals surface area contributed by atoms with E-state index in [0.717, 1.165) is 16.8 Å². The van der Waals surface area contributed by atoms with Crippen LogP contribution in [0.25, 0.3) is 16.9 Å². The molecule has 10 heteroatoms. The third-order valence-electron chi connectivity index (χ3n) is 4.93. The molecule has 0 radical (unpaired) electrons. The minimum absolute atomic E-state index is 0.0377. The lowest BCUT2D eigenvalue weighted by molar-refractivity contribution is -0.141. The van der Waals surface area contributed by atoms with Crippen LogP contribution in [0.5, 0.6) is 5.75 Å². The highest BCUT2D eigenvalue weighted by Crippen LogP contribution is 2.34. The number of nitrogens with zero attached hydrogens (tertiary/aromatic N) is 2. The smallest absolute Gasteiger partial charge is 0.435 e. The Kier molecular flexibility index (Phi) is 6.30. The number of benzene rings is 3. The zero-order valence-electron chi connectivity index (χ0n) is 17.5. The number of anilines is 1. The summed E-state index contributed by atoms with van der Waals surface area (Å²) in [5.41, 5.74) is 0.169. The van der Waals surface area contributed by atoms with E-state index in [1.807, 2.05) is 0 Å². The fourth-order valence-corrected chi connectivity index (χ4v) is 3.49. The van der Waals surface area contributed by atoms with Crippen molar-refractivity contribution in [3.8, 4) is 22.7 Å². The highest BCUT2D eigenvalue weighted by molar-refractivity contribution is 6.32. The largest absolute Gasteiger partial charge is 0.494 e. The zero-order valence-corrected chi connectivity index (χ0v) is 18.3. The predicted molar refractivity (Wildman–Crippen MR) is 120 cm³/mol. The standard InChI is InChI=1S/C24H16ClF4N3O2/c1-34-21-11-10-16(12-18(21)26)30-23(33)15-8-6-14(7-9-15)20-13-22(24(27,28)29)31-32(20)19-5-3-2-4-17(19)25/h2-13H,1H3,(H,30,33). The number of hydrogen-bond acceptors (Lipinski definition) is 3. The molecule has 0 aliphatic heterocycles. The van der Waals surface area contributed by atoms with Gasteiger partial charge in [-0.15, -0.1) is 0 Å². The molecule has 0 saturated heterocycles. The van der Waals surface area contributed by atoms with Crippen LogP contribution in [-0.2, 0) is 6.18 Å². The molecule has 1 N–H and O–H groups in total. The van der Waals surface area contributed by atoms with Crippen molar-refractivity contribution in [3.63, 3.8) is 0 Å². The molecule has 5 nitrogen and oxygen atoms in total. The number of methoxy groups -OCH3 is 1. The third-order valence-corrected chi connectivity index (χ3v) is 5.25. The van der Waals surface area contributed by atoms with Gasteiger partial charge in [-0.3, -0.25) is 4.79 Å². The van der Waals surface area contributed by atoms with Gasteiger partial charge >= 0.3 is 6.18 Å². The van der Waals surface area contributed by atoms with E-state index in [9.17, 15) is 22.4 Å². The minimum Gasteiger partial charge on any atom is -0.494 e. The average Bonchev–Trinajstić information content (AvgIpc) is 3.25. The number of amides is 1. The molecule has 0 aliphatic rings. The first kappa shape index (κ1) is 23.3. The Morgan fingerprint density at radius 2 is 1.74 bits per heavy atom. The van der Waals surface area contributed by atoms with E-state index in [1.54, 1.807) is 24.3 Å². The predicted octanol–water partition coefficient (Wildman–Crippen LogP) is 6.61. The van der Waals surface area contributed by atoms with Gasteiger partial charge in [0.05, 0.1) is 23.5 Å². The number of para-hydroxylation sites is 1. The molecule has 4 aromatic rings. The van der Waals surface area contributed by atoms with Gasteiger partial charge in [0.1, 0.15) is 0 Å². The van der Waals surface area contributed by atoms with E-state index in [-0.39, 0.29) is 33.4 Å². The molecule has 174 valence electrons. The SMILES string of the molecule is COc1ccc(NC(=O)c2ccc(-c3cc(C(F)(F)F)nn3-c3ccccc3Cl)cc2)cc1F. The van der Waals surface area contributed by atoms with Crippen molar-refractivity contribution in [1.82, 2.24) is 9.78 Å². The van der Waals surface area contributed by atoms with E-state index in [4.69, 9.17) is 16.3 Å². The fourth-order valence-electron chi connectivity index (χ4n) is 3.27. The van der Waals surface area contributed by atoms with Gasteiger partial charge in [0, 0.05) is 22.9 Å². The Morgan fingerprint density at radius 3 is 2.35 bits per heavy atom. The van der Waals surface area contributed by atoms with Gasteiger partial charge in [-0.05, 0) is 42.5 Å². The Bertz CT molecular complexity index is 1350. The van der Waals surface area contributed by atoms with Gasteiger partial charge in [0.2, 0.25) is 0 Å². The molecule has 0 saturated carbocycles. The van der Waals surface area contributed by atoms with Crippen molar-refractivity contribution in [2.24, 2.45) is 0 Å². The van der Waals surface area contributed by atoms with Gasteiger partial charge in [-0.1, -0.05) is 35.9 Å². The molecule has 0 bridgehead atoms. The lowest BCUT2D eigenvalue weighted by atomic mass is 10.1. The monoisotopic (exact) mass is 489 g/mol. The van der Waals surface area contributed by atoms with Crippen LogP contribution in [0.2, 0.25) is 5.02 Å². The van der Waals surface area contributed by atoms with Crippen molar-refractivity contribution >= 4 is 23.2 Å². The maximum atomic E-state index is 13.9. The second-order valence-corrected chi connectivity index (χ2v) is 7.56. The number of aromatic nitrogens is 2. The average molecular weight is 490 g/mol. The molecule has 0 aliphatic carbocycles. The van der Waals surface area contributed by atoms with Crippen molar-refractivity contribution in [2.45, 2.75) is 6.18 Å². The molecule has 34 heavy (non-hydrogen) atoms. The van der Waals surface area contributed by atoms with E-state index < -0.39 is 23.6 Å². The molecule has 0 atom stereocenters. The van der Waals surface area contributed by atoms with Crippen LogP contribution >= 0.6 is 11.6 Å². The second-order valence-electron chi connectivity index (χ2n) is 7.16. The first-order valence-corrected chi connectivity index (χ1v) is 10.2. The van der Waals surface area contributed by atoms with Crippen molar-refractivity contribution in [3.05, 3.63) is 94.9 Å². The highest BCUT2D eigenvalue weighted by atomic mass is 35.5. The number of ether oxygens (including phenoxy) is 1. The number of nitrogens with one attached hydrogen (secondary N) is 1. The quantitative estimate of drug-likeness (QED) is 0.321. The van der Waals surface area contributed by atoms with Gasteiger partial charge in [-0.25, -0.2) is 9.07 Å². The van der Waals surface area contributed by atoms with Gasteiger partial charge in [0.15, 0.2) is 17.3 Å². The zero-order chi connectivity index (χ0) is 24.5. The summed E-state index contributed by atoms with van der Waals surface area (Å²) in [5, 5.41) is 6.49. The van der Waals surface area contributed by atoms with Crippen LogP contribution < -0.4 is 10.1 Å². The highest BCUT2D eigenvalue weighted by Gasteiger charge is 2.35. The third kappa shape index (κ3) is 4.74. The van der Waals surface area contributed by atoms with E-state index >= 15 is 0 Å². The maximum Gasteiger partial charge on any atom is 0.435 e. The summed E-state index contributed by atoms with van der Waals surface area (Å²) < 4.78 is 59.9. The van der Waals surface area contributed by atoms with Crippen LogP contribution in [0.1, 0.15) is 16.1 Å². The van der Waals surface area contributed by atoms with Crippen LogP contribution in [0, 0.1) is 5.82 Å². The fraction of sp³-hybridized carbons (Fsp3) is 0.0833. The molecule has 1 amide bonds. The van der Waals surface area contributed by atoms with Gasteiger partial charge < -0.3 is 10.1 Å². The molecule has 1 heterocycles. The summed E-state index contributed by atoms with van der Waals surface area (Å²) in [6, 6.07) is 17.2. The number of rotatable bonds is 5. The maximum absolute atomic E-state index is 13.9. The van der Waals surface area contributed by atoms with Gasteiger partial charge in [-0.2, -0.15) is 18.3 Å². The molecule has 3 aromatic carbocycles. The lowest BCUT2D eigenvalue weighted by Crippen LogP contribution is -2.12. The molecule has 0 fully saturated rings. The Balaban J connectivity index is 1.65. The molecule has 0 spiro atoms. The Labute approximate surface area is 196 Å². The van der Waals surface area contributed by atoms with Crippen molar-refractivity contribution in [2.75, 3.05) is 12.4 Å². The Morgan fingerprint density at radius 1 is 1.03 bits per heavy atom. The molecule has 0 unspecified atom stereocenters. The van der Waals surface area contributed by atoms with E-state index in [2.05, 4.69) is 10.4 Å². The topological polar surface area (TPSA) is 56.1 Å². The van der Waals surface area contributed by atoms with Crippen molar-refractivity contribution < 1.29 is 27.1 Å². The van der Waals surface area contributed by atoms with Gasteiger partial charge in [0.25, 0.3) is 5.91 Å². The molecular formula is C24H16ClF4N3O2. The number of carbonyl (C=O) groups excluding carboxylic acids is 1. The number of carbonyl (C=O) groups is 1. The Hall–Kier alpha value is -3.85. The summed E-state index contributed by atoms with van der Waals surface area (Å²) in [6.07, 6.45) is -4.66. The van der Waals surface area contributed by atoms with Crippen LogP contribution in [0.3, 0.4) is 0 Å². The first-order valence-electron chi connectivity index (χ1n) is 9.85. The number of hydrogen-bond donors (Lipinski definition) is 1. The first-order chi connectivity index (χ1) is 16.2. The second kappa shape index (κ2) is 9.18. The van der Waals surface area contributed by atoms with E-state index in [1.165, 1.54) is 43.5 Å². The van der Waals surface area contributed by atoms with Crippen LogP contribution in [0.15, 0.2) is 72.8 Å². The molecule has 1 aromatic heterocycles. The number of halogens is 5. The minimum atomic E-state index is -4.66. The molecule has 4 rings (SSSR count). The summed E-state index contributed by atoms with van der Waals surface area (Å²) in [5.74, 6) is -1.12. The summed E-state index contributed by atoms with van der Waals surface area (Å²) in [7, 11) is 1.33. The molecular weight excluding hydrogens is 474 g/mol. The summed E-state index contributed by atoms with van der Waals surface area (Å²) in [4.78, 5) is 12.5. The van der Waals surface area contributed by atoms with Crippen molar-refractivity contribution in [1.29, 1.82) is 0 Å². The summed E-state index contributed by atoms with van der Waals surface area (Å²) in [6.45, 7) is 0. The van der Waals surface area contributed by atoms with E-state index in [0.29, 0.717) is 5.56 Å². The van der Waals surface area contributed by atoms with Crippen LogP contribution in [0.4, 0.5) is 23.2 Å². The number of alkyl halides is 3. The van der Waals surface area contributed by atoms with Crippen LogP contribution in [-0.4, -0.2) is 22.8 Å². The normalized spacial score (nSPS) is 11.4. The lowest BCUT2D eigenvalue weighted by Gasteiger charge is -2.10.